The fourth-order valence-electron chi connectivity index (χ4n) is 9.11. The first-order valence-corrected chi connectivity index (χ1v) is 22.1. The third-order valence-electron chi connectivity index (χ3n) is 12.6. The zero-order chi connectivity index (χ0) is 47.6. The molecular formula is C42H55Cl2F6N7O7. The minimum absolute atomic E-state index is 0.00837. The molecule has 0 unspecified atom stereocenters. The van der Waals surface area contributed by atoms with Gasteiger partial charge >= 0.3 is 6.18 Å². The van der Waals surface area contributed by atoms with E-state index in [0.29, 0.717) is 34.7 Å². The number of alkyl halides is 6. The zero-order valence-electron chi connectivity index (χ0n) is 36.2. The van der Waals surface area contributed by atoms with Crippen LogP contribution in [0.2, 0.25) is 10.0 Å². The molecule has 7 amide bonds. The Hall–Kier alpha value is -4.33. The number of carbonyl (C=O) groups is 7. The van der Waals surface area contributed by atoms with E-state index >= 15 is 0 Å². The number of amides is 7. The zero-order valence-corrected chi connectivity index (χ0v) is 37.7. The van der Waals surface area contributed by atoms with E-state index in [1.54, 1.807) is 18.2 Å². The molecule has 3 saturated heterocycles. The Labute approximate surface area is 377 Å². The summed E-state index contributed by atoms with van der Waals surface area (Å²) < 4.78 is 84.5. The van der Waals surface area contributed by atoms with Crippen LogP contribution in [0.1, 0.15) is 84.1 Å². The van der Waals surface area contributed by atoms with Crippen molar-refractivity contribution in [2.45, 2.75) is 140 Å². The largest absolute Gasteiger partial charge is 0.403 e. The molecule has 64 heavy (non-hydrogen) atoms. The van der Waals surface area contributed by atoms with Gasteiger partial charge in [0.15, 0.2) is 5.41 Å². The van der Waals surface area contributed by atoms with Gasteiger partial charge in [0.1, 0.15) is 42.4 Å². The van der Waals surface area contributed by atoms with Gasteiger partial charge in [0.25, 0.3) is 5.92 Å². The first kappa shape index (κ1) is 50.7. The molecule has 5 rings (SSSR count). The fourth-order valence-corrected chi connectivity index (χ4v) is 9.50. The molecule has 1 saturated carbocycles. The van der Waals surface area contributed by atoms with Crippen LogP contribution in [0.4, 0.5) is 26.3 Å². The summed E-state index contributed by atoms with van der Waals surface area (Å²) in [5, 5.41) is 8.52. The summed E-state index contributed by atoms with van der Waals surface area (Å²) in [5.41, 5.74) is -3.06. The second-order valence-corrected chi connectivity index (χ2v) is 18.7. The van der Waals surface area contributed by atoms with Crippen molar-refractivity contribution in [2.75, 3.05) is 33.7 Å². The van der Waals surface area contributed by atoms with Crippen molar-refractivity contribution in [1.29, 1.82) is 0 Å². The van der Waals surface area contributed by atoms with Crippen LogP contribution in [-0.2, 0) is 40.0 Å². The van der Waals surface area contributed by atoms with Crippen LogP contribution >= 0.6 is 23.2 Å². The molecule has 356 valence electrons. The molecule has 0 radical (unpaired) electrons. The highest BCUT2D eigenvalue weighted by atomic mass is 35.5. The quantitative estimate of drug-likeness (QED) is 0.308. The number of nitrogens with zero attached hydrogens (tertiary/aromatic N) is 4. The van der Waals surface area contributed by atoms with Crippen LogP contribution in [0.5, 0.6) is 0 Å². The van der Waals surface area contributed by atoms with E-state index in [9.17, 15) is 59.9 Å². The molecule has 0 spiro atoms. The Morgan fingerprint density at radius 1 is 0.984 bits per heavy atom. The minimum Gasteiger partial charge on any atom is -0.354 e. The van der Waals surface area contributed by atoms with Gasteiger partial charge < -0.3 is 35.6 Å². The Balaban J connectivity index is 1.39. The molecular weight excluding hydrogens is 899 g/mol. The third-order valence-corrected chi connectivity index (χ3v) is 13.2. The molecule has 14 nitrogen and oxygen atoms in total. The Morgan fingerprint density at radius 3 is 2.28 bits per heavy atom. The summed E-state index contributed by atoms with van der Waals surface area (Å²) in [6, 6.07) is -3.24. The molecule has 1 aromatic carbocycles. The summed E-state index contributed by atoms with van der Waals surface area (Å²) in [6.45, 7) is 4.27. The molecule has 0 bridgehead atoms. The van der Waals surface area contributed by atoms with Crippen molar-refractivity contribution in [3.8, 4) is 0 Å². The number of halogens is 8. The standard InChI is InChI=1S/C42H55Cl2F6N7O7/c1-22(2)15-28-37(62)55(5)32(17-24-16-25(43)11-12-27(24)44)38(63)56-14-8-10-30(56)33(58)51-13-7-6-9-29(34(59)53-28)54(4)36(61)23(3)52-35(60)31-18-26(45)19-57(31)39(64)40(42(48,49)50)20-41(46,47)21-40/h11-12,16,22-23,26,28-32H,6-10,13-15,17-21H2,1-5H3,(H,51,58)(H,52,60)(H,53,59)/t23-,26+,28-,29-,30+,31-,32-/m0/s1. The summed E-state index contributed by atoms with van der Waals surface area (Å²) in [7, 11) is 2.66. The Morgan fingerprint density at radius 2 is 1.66 bits per heavy atom. The van der Waals surface area contributed by atoms with E-state index < -0.39 is 127 Å². The van der Waals surface area contributed by atoms with Crippen molar-refractivity contribution in [3.63, 3.8) is 0 Å². The van der Waals surface area contributed by atoms with Crippen molar-refractivity contribution in [1.82, 2.24) is 35.6 Å². The first-order chi connectivity index (χ1) is 29.8. The third kappa shape index (κ3) is 11.0. The van der Waals surface area contributed by atoms with Gasteiger partial charge in [0, 0.05) is 62.9 Å². The average molecular weight is 955 g/mol. The predicted molar refractivity (Wildman–Crippen MR) is 222 cm³/mol. The van der Waals surface area contributed by atoms with Gasteiger partial charge in [-0.1, -0.05) is 37.0 Å². The van der Waals surface area contributed by atoms with Gasteiger partial charge in [-0.05, 0) is 75.1 Å². The number of carbonyl (C=O) groups excluding carboxylic acids is 7. The SMILES string of the molecule is CC(C)C[C@@H]1NC(=O)[C@@H](N(C)C(=O)[C@H](C)NC(=O)[C@@H]2C[C@@H](F)CN2C(=O)C2(C(F)(F)F)CC(F)(F)C2)CCCCNC(=O)[C@H]2CCCN2C(=O)[C@H](Cc2cc(Cl)ccc2Cl)N(C)C1=O. The molecule has 7 atom stereocenters. The highest BCUT2D eigenvalue weighted by molar-refractivity contribution is 6.33. The van der Waals surface area contributed by atoms with Crippen LogP contribution in [-0.4, -0.2) is 149 Å². The van der Waals surface area contributed by atoms with Gasteiger partial charge in [0.2, 0.25) is 41.4 Å². The molecule has 22 heteroatoms. The number of benzene rings is 1. The van der Waals surface area contributed by atoms with Crippen molar-refractivity contribution in [3.05, 3.63) is 33.8 Å². The van der Waals surface area contributed by atoms with Crippen LogP contribution in [0.3, 0.4) is 0 Å². The normalized spacial score (nSPS) is 27.4. The highest BCUT2D eigenvalue weighted by Crippen LogP contribution is 2.61. The highest BCUT2D eigenvalue weighted by Gasteiger charge is 2.75. The molecule has 4 fully saturated rings. The number of hydrogen-bond donors (Lipinski definition) is 3. The molecule has 1 aliphatic carbocycles. The lowest BCUT2D eigenvalue weighted by Gasteiger charge is -2.48. The van der Waals surface area contributed by atoms with Crippen molar-refractivity contribution in [2.24, 2.45) is 11.3 Å². The maximum atomic E-state index is 14.7. The number of likely N-dealkylation sites (tertiary alicyclic amines) is 1. The van der Waals surface area contributed by atoms with E-state index in [1.165, 1.54) is 30.8 Å². The second kappa shape index (κ2) is 20.0. The first-order valence-electron chi connectivity index (χ1n) is 21.3. The lowest BCUT2D eigenvalue weighted by atomic mass is 9.64. The van der Waals surface area contributed by atoms with Crippen LogP contribution < -0.4 is 16.0 Å². The summed E-state index contributed by atoms with van der Waals surface area (Å²) in [6.07, 6.45) is -10.4. The average Bonchev–Trinajstić information content (AvgIpc) is 3.86. The van der Waals surface area contributed by atoms with Crippen molar-refractivity contribution < 1.29 is 59.9 Å². The van der Waals surface area contributed by atoms with Crippen LogP contribution in [0, 0.1) is 11.3 Å². The van der Waals surface area contributed by atoms with E-state index in [2.05, 4.69) is 16.0 Å². The number of likely N-dealkylation sites (N-methyl/N-ethyl adjacent to an activating group) is 2. The monoisotopic (exact) mass is 953 g/mol. The van der Waals surface area contributed by atoms with Crippen LogP contribution in [0.15, 0.2) is 18.2 Å². The minimum atomic E-state index is -5.42. The van der Waals surface area contributed by atoms with E-state index in [0.717, 1.165) is 4.90 Å². The lowest BCUT2D eigenvalue weighted by molar-refractivity contribution is -0.299. The molecule has 3 heterocycles. The van der Waals surface area contributed by atoms with Gasteiger partial charge in [-0.3, -0.25) is 33.6 Å². The summed E-state index contributed by atoms with van der Waals surface area (Å²) in [4.78, 5) is 101. The number of rotatable bonds is 9. The Bertz CT molecular complexity index is 1970. The van der Waals surface area contributed by atoms with E-state index in [1.807, 2.05) is 13.8 Å². The number of nitrogens with one attached hydrogen (secondary N) is 3. The molecule has 3 aliphatic heterocycles. The summed E-state index contributed by atoms with van der Waals surface area (Å²) >= 11 is 12.8. The van der Waals surface area contributed by atoms with Gasteiger partial charge in [-0.25, -0.2) is 13.2 Å². The maximum absolute atomic E-state index is 14.7. The van der Waals surface area contributed by atoms with E-state index in [4.69, 9.17) is 23.2 Å². The summed E-state index contributed by atoms with van der Waals surface area (Å²) in [5.74, 6) is -10.3. The second-order valence-electron chi connectivity index (χ2n) is 17.9. The molecule has 0 aromatic heterocycles. The molecule has 4 aliphatic rings. The molecule has 3 N–H and O–H groups in total. The lowest BCUT2D eigenvalue weighted by Crippen LogP contribution is -2.65. The Kier molecular flexibility index (Phi) is 15.9. The smallest absolute Gasteiger partial charge is 0.354 e. The molecule has 1 aromatic rings. The van der Waals surface area contributed by atoms with Gasteiger partial charge in [-0.15, -0.1) is 0 Å². The van der Waals surface area contributed by atoms with E-state index in [-0.39, 0.29) is 49.7 Å². The predicted octanol–water partition coefficient (Wildman–Crippen LogP) is 4.43. The van der Waals surface area contributed by atoms with Gasteiger partial charge in [0.05, 0.1) is 6.54 Å². The number of fused-ring (bicyclic) bond motifs is 1. The van der Waals surface area contributed by atoms with Crippen molar-refractivity contribution >= 4 is 64.6 Å². The maximum Gasteiger partial charge on any atom is 0.403 e. The van der Waals surface area contributed by atoms with Gasteiger partial charge in [-0.2, -0.15) is 13.2 Å². The van der Waals surface area contributed by atoms with Crippen LogP contribution in [0.25, 0.3) is 0 Å². The fraction of sp³-hybridized carbons (Fsp3) is 0.690. The number of hydrogen-bond acceptors (Lipinski definition) is 7. The topological polar surface area (TPSA) is 169 Å².